The zero-order valence-electron chi connectivity index (χ0n) is 13.1. The van der Waals surface area contributed by atoms with E-state index in [2.05, 4.69) is 34.5 Å². The highest BCUT2D eigenvalue weighted by molar-refractivity contribution is 5.91. The van der Waals surface area contributed by atoms with E-state index < -0.39 is 0 Å². The molecule has 0 aliphatic carbocycles. The van der Waals surface area contributed by atoms with Gasteiger partial charge in [0.1, 0.15) is 5.82 Å². The van der Waals surface area contributed by atoms with Crippen molar-refractivity contribution in [2.45, 2.75) is 19.3 Å². The van der Waals surface area contributed by atoms with Crippen LogP contribution >= 0.6 is 0 Å². The molecular weight excluding hydrogens is 284 g/mol. The third-order valence-electron chi connectivity index (χ3n) is 4.27. The molecule has 1 N–H and O–H groups in total. The number of piperidine rings is 1. The molecule has 1 aromatic heterocycles. The van der Waals surface area contributed by atoms with Crippen LogP contribution in [0.15, 0.2) is 54.6 Å². The molecule has 0 bridgehead atoms. The van der Waals surface area contributed by atoms with Gasteiger partial charge in [-0.2, -0.15) is 4.98 Å². The molecule has 1 aliphatic heterocycles. The van der Waals surface area contributed by atoms with E-state index in [1.54, 1.807) is 0 Å². The molecule has 4 nitrogen and oxygen atoms in total. The number of aromatic nitrogens is 2. The van der Waals surface area contributed by atoms with Crippen molar-refractivity contribution in [3.05, 3.63) is 54.6 Å². The van der Waals surface area contributed by atoms with Gasteiger partial charge in [-0.25, -0.2) is 4.98 Å². The van der Waals surface area contributed by atoms with E-state index in [1.807, 2.05) is 30.3 Å². The molecule has 116 valence electrons. The van der Waals surface area contributed by atoms with Gasteiger partial charge in [-0.05, 0) is 43.5 Å². The molecule has 0 spiro atoms. The fraction of sp³-hybridized carbons (Fsp3) is 0.263. The van der Waals surface area contributed by atoms with Crippen LogP contribution in [0.5, 0.6) is 0 Å². The van der Waals surface area contributed by atoms with Crippen molar-refractivity contribution < 1.29 is 0 Å². The molecule has 23 heavy (non-hydrogen) atoms. The Labute approximate surface area is 136 Å². The summed E-state index contributed by atoms with van der Waals surface area (Å²) < 4.78 is 0. The Morgan fingerprint density at radius 2 is 1.52 bits per heavy atom. The number of rotatable bonds is 3. The van der Waals surface area contributed by atoms with Gasteiger partial charge in [0.25, 0.3) is 0 Å². The Morgan fingerprint density at radius 3 is 2.35 bits per heavy atom. The molecule has 3 aromatic rings. The summed E-state index contributed by atoms with van der Waals surface area (Å²) in [4.78, 5) is 11.9. The van der Waals surface area contributed by atoms with Crippen LogP contribution in [0.25, 0.3) is 10.9 Å². The van der Waals surface area contributed by atoms with Crippen molar-refractivity contribution in [3.8, 4) is 0 Å². The Balaban J connectivity index is 1.77. The van der Waals surface area contributed by atoms with Gasteiger partial charge in [0, 0.05) is 24.2 Å². The standard InChI is InChI=1S/C19H20N4/c1-3-9-15(10-4-1)20-18-16-11-5-6-12-17(16)21-19(22-18)23-13-7-2-8-14-23/h1,3-6,9-12H,2,7-8,13-14H2,(H,20,21,22). The van der Waals surface area contributed by atoms with Gasteiger partial charge in [-0.15, -0.1) is 0 Å². The SMILES string of the molecule is c1ccc(Nc2nc(N3CCCCC3)nc3ccccc23)cc1. The van der Waals surface area contributed by atoms with E-state index in [1.165, 1.54) is 19.3 Å². The average Bonchev–Trinajstić information content (AvgIpc) is 2.63. The minimum atomic E-state index is 0.835. The van der Waals surface area contributed by atoms with Gasteiger partial charge in [0.15, 0.2) is 0 Å². The van der Waals surface area contributed by atoms with E-state index >= 15 is 0 Å². The minimum Gasteiger partial charge on any atom is -0.341 e. The van der Waals surface area contributed by atoms with Crippen molar-refractivity contribution in [1.82, 2.24) is 9.97 Å². The predicted molar refractivity (Wildman–Crippen MR) is 95.3 cm³/mol. The lowest BCUT2D eigenvalue weighted by Gasteiger charge is -2.27. The number of hydrogen-bond donors (Lipinski definition) is 1. The molecule has 4 heteroatoms. The molecule has 1 fully saturated rings. The maximum Gasteiger partial charge on any atom is 0.227 e. The average molecular weight is 304 g/mol. The van der Waals surface area contributed by atoms with Gasteiger partial charge in [0.2, 0.25) is 5.95 Å². The number of fused-ring (bicyclic) bond motifs is 1. The van der Waals surface area contributed by atoms with Crippen LogP contribution in [0.3, 0.4) is 0 Å². The van der Waals surface area contributed by atoms with E-state index in [0.29, 0.717) is 0 Å². The van der Waals surface area contributed by atoms with Crippen LogP contribution < -0.4 is 10.2 Å². The second kappa shape index (κ2) is 6.24. The number of para-hydroxylation sites is 2. The van der Waals surface area contributed by atoms with Crippen LogP contribution in [0.2, 0.25) is 0 Å². The van der Waals surface area contributed by atoms with Gasteiger partial charge >= 0.3 is 0 Å². The lowest BCUT2D eigenvalue weighted by atomic mass is 10.1. The number of anilines is 3. The molecule has 1 aliphatic rings. The molecular formula is C19H20N4. The normalized spacial score (nSPS) is 14.9. The van der Waals surface area contributed by atoms with Crippen molar-refractivity contribution in [1.29, 1.82) is 0 Å². The molecule has 0 atom stereocenters. The molecule has 1 saturated heterocycles. The highest BCUT2D eigenvalue weighted by Gasteiger charge is 2.16. The first-order valence-corrected chi connectivity index (χ1v) is 8.24. The quantitative estimate of drug-likeness (QED) is 0.780. The van der Waals surface area contributed by atoms with Gasteiger partial charge in [-0.1, -0.05) is 30.3 Å². The summed E-state index contributed by atoms with van der Waals surface area (Å²) in [7, 11) is 0. The first-order valence-electron chi connectivity index (χ1n) is 8.24. The first kappa shape index (κ1) is 14.0. The van der Waals surface area contributed by atoms with Crippen LogP contribution in [-0.2, 0) is 0 Å². The highest BCUT2D eigenvalue weighted by Crippen LogP contribution is 2.27. The summed E-state index contributed by atoms with van der Waals surface area (Å²) >= 11 is 0. The van der Waals surface area contributed by atoms with Gasteiger partial charge < -0.3 is 10.2 Å². The van der Waals surface area contributed by atoms with Crippen LogP contribution in [-0.4, -0.2) is 23.1 Å². The van der Waals surface area contributed by atoms with E-state index in [0.717, 1.165) is 41.4 Å². The summed E-state index contributed by atoms with van der Waals surface area (Å²) in [5.74, 6) is 1.71. The van der Waals surface area contributed by atoms with Gasteiger partial charge in [-0.3, -0.25) is 0 Å². The van der Waals surface area contributed by atoms with E-state index in [4.69, 9.17) is 9.97 Å². The zero-order chi connectivity index (χ0) is 15.5. The fourth-order valence-electron chi connectivity index (χ4n) is 3.05. The molecule has 0 unspecified atom stereocenters. The zero-order valence-corrected chi connectivity index (χ0v) is 13.1. The van der Waals surface area contributed by atoms with Crippen molar-refractivity contribution >= 4 is 28.4 Å². The van der Waals surface area contributed by atoms with Crippen molar-refractivity contribution in [2.75, 3.05) is 23.3 Å². The Kier molecular flexibility index (Phi) is 3.80. The first-order chi connectivity index (χ1) is 11.4. The molecule has 0 amide bonds. The summed E-state index contributed by atoms with van der Waals surface area (Å²) in [6.45, 7) is 2.09. The van der Waals surface area contributed by atoms with E-state index in [-0.39, 0.29) is 0 Å². The van der Waals surface area contributed by atoms with Crippen molar-refractivity contribution in [2.24, 2.45) is 0 Å². The lowest BCUT2D eigenvalue weighted by molar-refractivity contribution is 0.569. The monoisotopic (exact) mass is 304 g/mol. The van der Waals surface area contributed by atoms with Crippen molar-refractivity contribution in [3.63, 3.8) is 0 Å². The maximum atomic E-state index is 4.82. The Hall–Kier alpha value is -2.62. The smallest absolute Gasteiger partial charge is 0.227 e. The summed E-state index contributed by atoms with van der Waals surface area (Å²) in [6, 6.07) is 18.4. The summed E-state index contributed by atoms with van der Waals surface area (Å²) in [5.41, 5.74) is 2.03. The molecule has 4 rings (SSSR count). The summed E-state index contributed by atoms with van der Waals surface area (Å²) in [6.07, 6.45) is 3.74. The topological polar surface area (TPSA) is 41.1 Å². The Morgan fingerprint density at radius 1 is 0.783 bits per heavy atom. The molecule has 2 heterocycles. The van der Waals surface area contributed by atoms with Crippen LogP contribution in [0.1, 0.15) is 19.3 Å². The number of benzene rings is 2. The Bertz CT molecular complexity index is 795. The largest absolute Gasteiger partial charge is 0.341 e. The second-order valence-electron chi connectivity index (χ2n) is 5.93. The number of nitrogens with zero attached hydrogens (tertiary/aromatic N) is 3. The second-order valence-corrected chi connectivity index (χ2v) is 5.93. The number of hydrogen-bond acceptors (Lipinski definition) is 4. The highest BCUT2D eigenvalue weighted by atomic mass is 15.3. The number of nitrogens with one attached hydrogen (secondary N) is 1. The fourth-order valence-corrected chi connectivity index (χ4v) is 3.05. The third-order valence-corrected chi connectivity index (χ3v) is 4.27. The van der Waals surface area contributed by atoms with Crippen LogP contribution in [0.4, 0.5) is 17.5 Å². The maximum absolute atomic E-state index is 4.82. The van der Waals surface area contributed by atoms with Crippen LogP contribution in [0, 0.1) is 0 Å². The third kappa shape index (κ3) is 2.97. The molecule has 0 radical (unpaired) electrons. The molecule has 0 saturated carbocycles. The summed E-state index contributed by atoms with van der Waals surface area (Å²) in [5, 5.41) is 4.50. The predicted octanol–water partition coefficient (Wildman–Crippen LogP) is 4.36. The van der Waals surface area contributed by atoms with E-state index in [9.17, 15) is 0 Å². The lowest BCUT2D eigenvalue weighted by Crippen LogP contribution is -2.31. The molecule has 2 aromatic carbocycles. The minimum absolute atomic E-state index is 0.835. The van der Waals surface area contributed by atoms with Gasteiger partial charge in [0.05, 0.1) is 5.52 Å².